The van der Waals surface area contributed by atoms with Crippen molar-refractivity contribution in [1.82, 2.24) is 14.5 Å². The lowest BCUT2D eigenvalue weighted by Crippen LogP contribution is -2.16. The van der Waals surface area contributed by atoms with Crippen molar-refractivity contribution in [2.24, 2.45) is 0 Å². The second kappa shape index (κ2) is 16.2. The van der Waals surface area contributed by atoms with Crippen LogP contribution in [-0.4, -0.2) is 14.5 Å². The quantitative estimate of drug-likeness (QED) is 0.152. The van der Waals surface area contributed by atoms with E-state index in [2.05, 4.69) is 254 Å². The van der Waals surface area contributed by atoms with Crippen molar-refractivity contribution in [1.29, 1.82) is 0 Å². The molecule has 2 heterocycles. The first-order valence-electron chi connectivity index (χ1n) is 23.7. The highest BCUT2D eigenvalue weighted by Gasteiger charge is 2.36. The summed E-state index contributed by atoms with van der Waals surface area (Å²) in [5.74, 6) is 0.712. The number of fused-ring (bicyclic) bond motifs is 7. The van der Waals surface area contributed by atoms with Gasteiger partial charge in [-0.1, -0.05) is 196 Å². The molecule has 0 saturated heterocycles. The predicted molar refractivity (Wildman–Crippen MR) is 288 cm³/mol. The third-order valence-corrected chi connectivity index (χ3v) is 14.2. The summed E-state index contributed by atoms with van der Waals surface area (Å²) in [4.78, 5) is 12.6. The topological polar surface area (TPSA) is 34.0 Å². The van der Waals surface area contributed by atoms with Gasteiger partial charge in [0.15, 0.2) is 5.82 Å². The Bertz CT molecular complexity index is 3910. The molecule has 1 aliphatic rings. The first kappa shape index (κ1) is 40.4. The number of benzene rings is 10. The minimum atomic E-state index is -0.135. The average Bonchev–Trinajstić information content (AvgIpc) is 3.86. The van der Waals surface area contributed by atoms with E-state index < -0.39 is 0 Å². The van der Waals surface area contributed by atoms with Gasteiger partial charge in [-0.2, -0.15) is 0 Å². The highest BCUT2D eigenvalue weighted by atomic mass is 15.1. The number of hydrogen-bond donors (Lipinski definition) is 0. The molecule has 0 unspecified atom stereocenters. The van der Waals surface area contributed by atoms with Gasteiger partial charge in [-0.25, -0.2) is 9.97 Å². The molecule has 0 fully saturated rings. The number of nitrogens with zero attached hydrogens (tertiary/aromatic N) is 4. The number of aromatic nitrogens is 3. The van der Waals surface area contributed by atoms with Crippen LogP contribution in [0, 0.1) is 0 Å². The molecular formula is C65H46N4. The van der Waals surface area contributed by atoms with Gasteiger partial charge in [-0.15, -0.1) is 0 Å². The van der Waals surface area contributed by atoms with Gasteiger partial charge in [0.1, 0.15) is 0 Å². The number of anilines is 3. The van der Waals surface area contributed by atoms with E-state index in [1.54, 1.807) is 0 Å². The highest BCUT2D eigenvalue weighted by Crippen LogP contribution is 2.51. The van der Waals surface area contributed by atoms with Gasteiger partial charge in [-0.3, -0.25) is 0 Å². The maximum absolute atomic E-state index is 5.14. The maximum atomic E-state index is 5.14. The molecule has 0 saturated carbocycles. The Morgan fingerprint density at radius 2 is 0.942 bits per heavy atom. The first-order valence-corrected chi connectivity index (χ1v) is 23.7. The molecule has 4 nitrogen and oxygen atoms in total. The summed E-state index contributed by atoms with van der Waals surface area (Å²) in [6.45, 7) is 4.71. The molecule has 0 spiro atoms. The van der Waals surface area contributed by atoms with Gasteiger partial charge in [0.25, 0.3) is 0 Å². The van der Waals surface area contributed by atoms with E-state index in [4.69, 9.17) is 9.97 Å². The Labute approximate surface area is 402 Å². The fourth-order valence-electron chi connectivity index (χ4n) is 10.7. The summed E-state index contributed by atoms with van der Waals surface area (Å²) in [6.07, 6.45) is 0. The fraction of sp³-hybridized carbons (Fsp3) is 0.0462. The SMILES string of the molecule is CC1(C)c2ccccc2-c2ccc(N(c3ccc(-c4ccccc4)cc3)c3cccc(-n4c5ccccc5c5ccc(-c6ccc(-c7nc(-c8ccccc8)c8ccccc8n7)cc6)cc54)c3)cc21. The minimum Gasteiger partial charge on any atom is -0.310 e. The Kier molecular flexibility index (Phi) is 9.48. The molecule has 0 atom stereocenters. The van der Waals surface area contributed by atoms with E-state index in [-0.39, 0.29) is 5.41 Å². The van der Waals surface area contributed by atoms with Gasteiger partial charge >= 0.3 is 0 Å². The van der Waals surface area contributed by atoms with E-state index in [0.717, 1.165) is 72.6 Å². The summed E-state index contributed by atoms with van der Waals surface area (Å²) in [7, 11) is 0. The van der Waals surface area contributed by atoms with Crippen LogP contribution in [0.25, 0.3) is 94.4 Å². The van der Waals surface area contributed by atoms with Crippen LogP contribution in [0.2, 0.25) is 0 Å². The van der Waals surface area contributed by atoms with Crippen molar-refractivity contribution in [2.75, 3.05) is 4.90 Å². The summed E-state index contributed by atoms with van der Waals surface area (Å²) in [6, 6.07) is 87.5. The Hall–Kier alpha value is -8.86. The largest absolute Gasteiger partial charge is 0.310 e. The molecule has 2 aromatic heterocycles. The molecule has 0 aliphatic heterocycles. The number of para-hydroxylation sites is 2. The van der Waals surface area contributed by atoms with Crippen molar-refractivity contribution < 1.29 is 0 Å². The molecule has 0 bridgehead atoms. The monoisotopic (exact) mass is 882 g/mol. The zero-order valence-corrected chi connectivity index (χ0v) is 38.4. The van der Waals surface area contributed by atoms with E-state index in [1.807, 2.05) is 12.1 Å². The second-order valence-corrected chi connectivity index (χ2v) is 18.6. The molecule has 0 radical (unpaired) electrons. The van der Waals surface area contributed by atoms with E-state index in [0.29, 0.717) is 5.82 Å². The van der Waals surface area contributed by atoms with E-state index in [9.17, 15) is 0 Å². The summed E-state index contributed by atoms with van der Waals surface area (Å²) < 4.78 is 2.43. The lowest BCUT2D eigenvalue weighted by molar-refractivity contribution is 0.660. The van der Waals surface area contributed by atoms with Crippen LogP contribution >= 0.6 is 0 Å². The number of rotatable bonds is 8. The fourth-order valence-corrected chi connectivity index (χ4v) is 10.7. The first-order chi connectivity index (χ1) is 34.0. The molecule has 0 N–H and O–H groups in total. The normalized spacial score (nSPS) is 12.6. The summed E-state index contributed by atoms with van der Waals surface area (Å²) >= 11 is 0. The third kappa shape index (κ3) is 6.83. The standard InChI is InChI=1S/C65H46N4/c1-65(2)58-25-12-9-22-53(58)54-39-37-52(42-59(54)65)68(49-35-32-44(33-36-49)43-16-5-3-6-17-43)50-20-15-21-51(41-50)69-61-27-14-11-23-55(61)56-38-34-48(40-62(56)69)45-28-30-47(31-29-45)64-66-60-26-13-10-24-57(60)63(67-64)46-18-7-4-8-19-46/h3-42H,1-2H3. The van der Waals surface area contributed by atoms with Gasteiger partial charge in [0.2, 0.25) is 0 Å². The van der Waals surface area contributed by atoms with Crippen LogP contribution in [0.4, 0.5) is 17.1 Å². The Balaban J connectivity index is 0.917. The molecule has 0 amide bonds. The van der Waals surface area contributed by atoms with Crippen LogP contribution in [0.3, 0.4) is 0 Å². The van der Waals surface area contributed by atoms with Crippen molar-refractivity contribution in [3.8, 4) is 61.7 Å². The van der Waals surface area contributed by atoms with Gasteiger partial charge in [0.05, 0.1) is 22.2 Å². The van der Waals surface area contributed by atoms with Crippen LogP contribution in [0.1, 0.15) is 25.0 Å². The molecule has 4 heteroatoms. The molecule has 1 aliphatic carbocycles. The van der Waals surface area contributed by atoms with Gasteiger partial charge in [-0.05, 0) is 105 Å². The second-order valence-electron chi connectivity index (χ2n) is 18.6. The smallest absolute Gasteiger partial charge is 0.160 e. The molecule has 12 aromatic rings. The van der Waals surface area contributed by atoms with Crippen LogP contribution < -0.4 is 4.90 Å². The Morgan fingerprint density at radius 1 is 0.362 bits per heavy atom. The van der Waals surface area contributed by atoms with E-state index in [1.165, 1.54) is 44.2 Å². The molecular weight excluding hydrogens is 837 g/mol. The van der Waals surface area contributed by atoms with Crippen molar-refractivity contribution in [2.45, 2.75) is 19.3 Å². The molecule has 326 valence electrons. The van der Waals surface area contributed by atoms with Crippen LogP contribution in [0.5, 0.6) is 0 Å². The third-order valence-electron chi connectivity index (χ3n) is 14.2. The van der Waals surface area contributed by atoms with Gasteiger partial charge < -0.3 is 9.47 Å². The molecule has 13 rings (SSSR count). The maximum Gasteiger partial charge on any atom is 0.160 e. The Morgan fingerprint density at radius 3 is 1.75 bits per heavy atom. The lowest BCUT2D eigenvalue weighted by Gasteiger charge is -2.28. The highest BCUT2D eigenvalue weighted by molar-refractivity contribution is 6.10. The van der Waals surface area contributed by atoms with E-state index >= 15 is 0 Å². The van der Waals surface area contributed by atoms with Gasteiger partial charge in [0, 0.05) is 55.5 Å². The minimum absolute atomic E-state index is 0.135. The van der Waals surface area contributed by atoms with Crippen molar-refractivity contribution in [3.63, 3.8) is 0 Å². The van der Waals surface area contributed by atoms with Crippen LogP contribution in [0.15, 0.2) is 243 Å². The zero-order chi connectivity index (χ0) is 46.1. The summed E-state index contributed by atoms with van der Waals surface area (Å²) in [5, 5.41) is 3.47. The number of hydrogen-bond acceptors (Lipinski definition) is 3. The predicted octanol–water partition coefficient (Wildman–Crippen LogP) is 17.2. The zero-order valence-electron chi connectivity index (χ0n) is 38.4. The van der Waals surface area contributed by atoms with Crippen LogP contribution in [-0.2, 0) is 5.41 Å². The lowest BCUT2D eigenvalue weighted by atomic mass is 9.82. The molecule has 10 aromatic carbocycles. The summed E-state index contributed by atoms with van der Waals surface area (Å²) in [5.41, 5.74) is 20.5. The van der Waals surface area contributed by atoms with Crippen molar-refractivity contribution in [3.05, 3.63) is 254 Å². The average molecular weight is 883 g/mol. The van der Waals surface area contributed by atoms with Crippen molar-refractivity contribution >= 4 is 49.8 Å². The molecule has 69 heavy (non-hydrogen) atoms.